The summed E-state index contributed by atoms with van der Waals surface area (Å²) in [6, 6.07) is 11.7. The lowest BCUT2D eigenvalue weighted by Gasteiger charge is -2.11. The van der Waals surface area contributed by atoms with Crippen molar-refractivity contribution in [1.29, 1.82) is 0 Å². The molecule has 0 spiro atoms. The molecule has 0 aliphatic heterocycles. The minimum Gasteiger partial charge on any atom is -0.383 e. The number of amides is 1. The van der Waals surface area contributed by atoms with E-state index in [1.54, 1.807) is 0 Å². The number of nitrogens with zero attached hydrogens (tertiary/aromatic N) is 1. The van der Waals surface area contributed by atoms with Crippen molar-refractivity contribution in [3.8, 4) is 0 Å². The number of nitrogens with one attached hydrogen (secondary N) is 1. The Bertz CT molecular complexity index is 756. The standard InChI is InChI=1S/C18H17F3N2O2/c1-12-5-3-4-6-14(12)11-22-25-13(2)17(24)23-16-9-7-15(8-10-16)18(19,20)21/h3-11,13H,1-2H3,(H,23,24)/b22-11-/t13-/m1/s1. The highest BCUT2D eigenvalue weighted by molar-refractivity contribution is 5.94. The molecule has 0 fully saturated rings. The zero-order chi connectivity index (χ0) is 18.4. The van der Waals surface area contributed by atoms with E-state index in [4.69, 9.17) is 4.84 Å². The van der Waals surface area contributed by atoms with Gasteiger partial charge in [-0.3, -0.25) is 4.79 Å². The maximum absolute atomic E-state index is 12.5. The molecule has 2 aromatic rings. The first-order valence-corrected chi connectivity index (χ1v) is 7.50. The fourth-order valence-corrected chi connectivity index (χ4v) is 1.94. The lowest BCUT2D eigenvalue weighted by molar-refractivity contribution is -0.137. The van der Waals surface area contributed by atoms with Crippen LogP contribution in [0.3, 0.4) is 0 Å². The molecule has 2 rings (SSSR count). The van der Waals surface area contributed by atoms with E-state index in [-0.39, 0.29) is 5.69 Å². The first-order chi connectivity index (χ1) is 11.8. The summed E-state index contributed by atoms with van der Waals surface area (Å²) in [5.41, 5.74) is 1.34. The summed E-state index contributed by atoms with van der Waals surface area (Å²) in [4.78, 5) is 17.1. The second kappa shape index (κ2) is 7.83. The van der Waals surface area contributed by atoms with Crippen molar-refractivity contribution < 1.29 is 22.8 Å². The van der Waals surface area contributed by atoms with Crippen LogP contribution in [0, 0.1) is 6.92 Å². The number of alkyl halides is 3. The Morgan fingerprint density at radius 3 is 2.40 bits per heavy atom. The van der Waals surface area contributed by atoms with Crippen LogP contribution < -0.4 is 5.32 Å². The molecule has 4 nitrogen and oxygen atoms in total. The molecule has 0 saturated heterocycles. The molecular formula is C18H17F3N2O2. The summed E-state index contributed by atoms with van der Waals surface area (Å²) in [5, 5.41) is 6.25. The molecule has 0 saturated carbocycles. The molecule has 0 bridgehead atoms. The Hall–Kier alpha value is -2.83. The first kappa shape index (κ1) is 18.5. The molecule has 1 atom stereocenters. The number of rotatable bonds is 5. The number of anilines is 1. The van der Waals surface area contributed by atoms with Gasteiger partial charge in [-0.2, -0.15) is 13.2 Å². The molecule has 0 aliphatic rings. The summed E-state index contributed by atoms with van der Waals surface area (Å²) < 4.78 is 37.5. The van der Waals surface area contributed by atoms with Gasteiger partial charge in [-0.1, -0.05) is 29.4 Å². The van der Waals surface area contributed by atoms with Crippen molar-refractivity contribution in [3.63, 3.8) is 0 Å². The molecule has 0 aromatic heterocycles. The van der Waals surface area contributed by atoms with Gasteiger partial charge in [0.25, 0.3) is 5.91 Å². The topological polar surface area (TPSA) is 50.7 Å². The highest BCUT2D eigenvalue weighted by atomic mass is 19.4. The van der Waals surface area contributed by atoms with Crippen molar-refractivity contribution in [2.75, 3.05) is 5.32 Å². The number of halogens is 3. The Balaban J connectivity index is 1.91. The van der Waals surface area contributed by atoms with E-state index in [1.165, 1.54) is 25.3 Å². The van der Waals surface area contributed by atoms with Gasteiger partial charge in [-0.15, -0.1) is 0 Å². The van der Waals surface area contributed by atoms with E-state index >= 15 is 0 Å². The predicted octanol–water partition coefficient (Wildman–Crippen LogP) is 4.39. The number of hydrogen-bond donors (Lipinski definition) is 1. The summed E-state index contributed by atoms with van der Waals surface area (Å²) in [7, 11) is 0. The second-order valence-electron chi connectivity index (χ2n) is 5.40. The highest BCUT2D eigenvalue weighted by Gasteiger charge is 2.30. The van der Waals surface area contributed by atoms with Gasteiger partial charge in [0.15, 0.2) is 0 Å². The molecule has 2 aromatic carbocycles. The number of aryl methyl sites for hydroxylation is 1. The van der Waals surface area contributed by atoms with Gasteiger partial charge >= 0.3 is 6.18 Å². The van der Waals surface area contributed by atoms with Crippen LogP contribution in [0.25, 0.3) is 0 Å². The summed E-state index contributed by atoms with van der Waals surface area (Å²) >= 11 is 0. The molecule has 1 N–H and O–H groups in total. The van der Waals surface area contributed by atoms with Gasteiger partial charge < -0.3 is 10.2 Å². The molecular weight excluding hydrogens is 333 g/mol. The fraction of sp³-hybridized carbons (Fsp3) is 0.222. The van der Waals surface area contributed by atoms with Crippen LogP contribution in [-0.4, -0.2) is 18.2 Å². The third-order valence-electron chi connectivity index (χ3n) is 3.45. The second-order valence-corrected chi connectivity index (χ2v) is 5.40. The molecule has 0 radical (unpaired) electrons. The quantitative estimate of drug-likeness (QED) is 0.642. The molecule has 0 heterocycles. The molecule has 1 amide bonds. The van der Waals surface area contributed by atoms with Crippen LogP contribution in [0.1, 0.15) is 23.6 Å². The van der Waals surface area contributed by atoms with Crippen molar-refractivity contribution in [3.05, 3.63) is 65.2 Å². The van der Waals surface area contributed by atoms with Gasteiger partial charge in [0.05, 0.1) is 11.8 Å². The Morgan fingerprint density at radius 1 is 1.16 bits per heavy atom. The monoisotopic (exact) mass is 350 g/mol. The van der Waals surface area contributed by atoms with E-state index in [9.17, 15) is 18.0 Å². The van der Waals surface area contributed by atoms with Crippen LogP contribution in [-0.2, 0) is 15.8 Å². The molecule has 0 aliphatic carbocycles. The smallest absolute Gasteiger partial charge is 0.383 e. The lowest BCUT2D eigenvalue weighted by Crippen LogP contribution is -2.26. The number of carbonyl (C=O) groups is 1. The largest absolute Gasteiger partial charge is 0.416 e. The average Bonchev–Trinajstić information content (AvgIpc) is 2.56. The first-order valence-electron chi connectivity index (χ1n) is 7.50. The van der Waals surface area contributed by atoms with Gasteiger partial charge in [0.1, 0.15) is 0 Å². The maximum Gasteiger partial charge on any atom is 0.416 e. The van der Waals surface area contributed by atoms with Gasteiger partial charge in [0, 0.05) is 5.69 Å². The fourth-order valence-electron chi connectivity index (χ4n) is 1.94. The Morgan fingerprint density at radius 2 is 1.80 bits per heavy atom. The Kier molecular flexibility index (Phi) is 5.80. The van der Waals surface area contributed by atoms with E-state index < -0.39 is 23.8 Å². The van der Waals surface area contributed by atoms with Crippen LogP contribution in [0.15, 0.2) is 53.7 Å². The summed E-state index contributed by atoms with van der Waals surface area (Å²) in [5.74, 6) is -0.512. The van der Waals surface area contributed by atoms with Gasteiger partial charge in [-0.25, -0.2) is 0 Å². The molecule has 0 unspecified atom stereocenters. The third kappa shape index (κ3) is 5.34. The minimum atomic E-state index is -4.41. The van der Waals surface area contributed by atoms with Crippen molar-refractivity contribution in [2.24, 2.45) is 5.16 Å². The normalized spacial score (nSPS) is 12.8. The van der Waals surface area contributed by atoms with E-state index in [1.807, 2.05) is 31.2 Å². The van der Waals surface area contributed by atoms with Crippen molar-refractivity contribution in [2.45, 2.75) is 26.1 Å². The van der Waals surface area contributed by atoms with Crippen molar-refractivity contribution >= 4 is 17.8 Å². The zero-order valence-electron chi connectivity index (χ0n) is 13.7. The summed E-state index contributed by atoms with van der Waals surface area (Å²) in [6.07, 6.45) is -3.82. The number of carbonyl (C=O) groups excluding carboxylic acids is 1. The number of benzene rings is 2. The van der Waals surface area contributed by atoms with Gasteiger partial charge in [-0.05, 0) is 49.2 Å². The highest BCUT2D eigenvalue weighted by Crippen LogP contribution is 2.29. The van der Waals surface area contributed by atoms with Crippen molar-refractivity contribution in [1.82, 2.24) is 0 Å². The SMILES string of the molecule is Cc1ccccc1/C=N\O[C@H](C)C(=O)Nc1ccc(C(F)(F)F)cc1. The third-order valence-corrected chi connectivity index (χ3v) is 3.45. The van der Waals surface area contributed by atoms with Gasteiger partial charge in [0.2, 0.25) is 6.10 Å². The Labute approximate surface area is 143 Å². The number of hydrogen-bond acceptors (Lipinski definition) is 3. The number of oxime groups is 1. The zero-order valence-corrected chi connectivity index (χ0v) is 13.7. The molecule has 25 heavy (non-hydrogen) atoms. The average molecular weight is 350 g/mol. The van der Waals surface area contributed by atoms with Crippen LogP contribution >= 0.6 is 0 Å². The maximum atomic E-state index is 12.5. The summed E-state index contributed by atoms with van der Waals surface area (Å²) in [6.45, 7) is 3.41. The van der Waals surface area contributed by atoms with Crippen LogP contribution in [0.5, 0.6) is 0 Å². The minimum absolute atomic E-state index is 0.247. The molecule has 132 valence electrons. The van der Waals surface area contributed by atoms with E-state index in [2.05, 4.69) is 10.5 Å². The lowest BCUT2D eigenvalue weighted by atomic mass is 10.1. The predicted molar refractivity (Wildman–Crippen MR) is 89.4 cm³/mol. The molecule has 7 heteroatoms. The van der Waals surface area contributed by atoms with Crippen LogP contribution in [0.4, 0.5) is 18.9 Å². The van der Waals surface area contributed by atoms with E-state index in [0.717, 1.165) is 23.3 Å². The van der Waals surface area contributed by atoms with Crippen LogP contribution in [0.2, 0.25) is 0 Å². The van der Waals surface area contributed by atoms with E-state index in [0.29, 0.717) is 0 Å².